The quantitative estimate of drug-likeness (QED) is 0.840. The van der Waals surface area contributed by atoms with Crippen LogP contribution in [0.3, 0.4) is 0 Å². The van der Waals surface area contributed by atoms with Crippen LogP contribution in [0.15, 0.2) is 18.2 Å². The van der Waals surface area contributed by atoms with Gasteiger partial charge in [-0.05, 0) is 18.2 Å². The number of benzene rings is 1. The molecule has 19 heavy (non-hydrogen) atoms. The van der Waals surface area contributed by atoms with Gasteiger partial charge in [-0.1, -0.05) is 11.6 Å². The number of amides is 2. The molecule has 2 heterocycles. The highest BCUT2D eigenvalue weighted by Crippen LogP contribution is 2.23. The van der Waals surface area contributed by atoms with Crippen molar-refractivity contribution < 1.29 is 9.53 Å². The molecule has 7 heteroatoms. The average molecular weight is 281 g/mol. The lowest BCUT2D eigenvalue weighted by atomic mass is 10.2. The number of carbonyl (C=O) groups excluding carboxylic acids is 1. The molecule has 0 saturated carbocycles. The molecule has 0 radical (unpaired) electrons. The van der Waals surface area contributed by atoms with Crippen molar-refractivity contribution in [3.8, 4) is 0 Å². The van der Waals surface area contributed by atoms with Gasteiger partial charge in [-0.15, -0.1) is 0 Å². The summed E-state index contributed by atoms with van der Waals surface area (Å²) in [6, 6.07) is 5.21. The largest absolute Gasteiger partial charge is 0.378 e. The van der Waals surface area contributed by atoms with Gasteiger partial charge in [-0.3, -0.25) is 10.4 Å². The molecule has 1 aromatic carbocycles. The van der Waals surface area contributed by atoms with E-state index >= 15 is 0 Å². The van der Waals surface area contributed by atoms with Crippen molar-refractivity contribution in [2.24, 2.45) is 0 Å². The van der Waals surface area contributed by atoms with Gasteiger partial charge in [-0.2, -0.15) is 5.10 Å². The topological polar surface area (TPSA) is 70.2 Å². The van der Waals surface area contributed by atoms with Crippen LogP contribution in [0.2, 0.25) is 5.02 Å². The van der Waals surface area contributed by atoms with E-state index in [0.29, 0.717) is 37.1 Å². The van der Waals surface area contributed by atoms with Crippen LogP contribution in [0, 0.1) is 0 Å². The summed E-state index contributed by atoms with van der Waals surface area (Å²) in [6.45, 7) is 2.34. The number of nitrogens with zero attached hydrogens (tertiary/aromatic N) is 2. The van der Waals surface area contributed by atoms with Gasteiger partial charge >= 0.3 is 6.03 Å². The average Bonchev–Trinajstić information content (AvgIpc) is 2.82. The molecule has 2 aromatic rings. The number of H-pyrrole nitrogens is 1. The third-order valence-electron chi connectivity index (χ3n) is 3.05. The number of urea groups is 1. The van der Waals surface area contributed by atoms with Crippen molar-refractivity contribution in [3.05, 3.63) is 23.2 Å². The number of anilines is 1. The summed E-state index contributed by atoms with van der Waals surface area (Å²) >= 11 is 5.90. The zero-order chi connectivity index (χ0) is 13.2. The molecule has 0 atom stereocenters. The lowest BCUT2D eigenvalue weighted by Crippen LogP contribution is -2.43. The standard InChI is InChI=1S/C12H13ClN4O2/c13-8-1-2-9-10(7-8)15-16-11(9)14-12(18)17-3-5-19-6-4-17/h1-2,7H,3-6H2,(H2,14,15,16,18). The zero-order valence-electron chi connectivity index (χ0n) is 10.1. The number of morpholine rings is 1. The van der Waals surface area contributed by atoms with E-state index in [0.717, 1.165) is 10.9 Å². The lowest BCUT2D eigenvalue weighted by Gasteiger charge is -2.26. The van der Waals surface area contributed by atoms with Crippen molar-refractivity contribution >= 4 is 34.4 Å². The summed E-state index contributed by atoms with van der Waals surface area (Å²) < 4.78 is 5.21. The van der Waals surface area contributed by atoms with Crippen LogP contribution in [0.4, 0.5) is 10.6 Å². The predicted octanol–water partition coefficient (Wildman–Crippen LogP) is 2.08. The van der Waals surface area contributed by atoms with Crippen LogP contribution in [-0.2, 0) is 4.74 Å². The maximum atomic E-state index is 12.1. The SMILES string of the molecule is O=C(Nc1n[nH]c2cc(Cl)ccc12)N1CCOCC1. The van der Waals surface area contributed by atoms with Crippen molar-refractivity contribution in [2.75, 3.05) is 31.6 Å². The van der Waals surface area contributed by atoms with Crippen molar-refractivity contribution in [1.82, 2.24) is 15.1 Å². The number of hydrogen-bond donors (Lipinski definition) is 2. The molecule has 0 unspecified atom stereocenters. The predicted molar refractivity (Wildman–Crippen MR) is 72.5 cm³/mol. The monoisotopic (exact) mass is 280 g/mol. The van der Waals surface area contributed by atoms with E-state index in [1.807, 2.05) is 6.07 Å². The molecule has 1 aliphatic rings. The van der Waals surface area contributed by atoms with E-state index in [-0.39, 0.29) is 6.03 Å². The van der Waals surface area contributed by atoms with Crippen LogP contribution in [0.1, 0.15) is 0 Å². The van der Waals surface area contributed by atoms with E-state index in [9.17, 15) is 4.79 Å². The van der Waals surface area contributed by atoms with Gasteiger partial charge < -0.3 is 9.64 Å². The first-order valence-corrected chi connectivity index (χ1v) is 6.39. The third-order valence-corrected chi connectivity index (χ3v) is 3.28. The second kappa shape index (κ2) is 5.07. The van der Waals surface area contributed by atoms with E-state index < -0.39 is 0 Å². The molecule has 1 aliphatic heterocycles. The number of halogens is 1. The van der Waals surface area contributed by atoms with Crippen LogP contribution >= 0.6 is 11.6 Å². The molecule has 0 bridgehead atoms. The fourth-order valence-corrected chi connectivity index (χ4v) is 2.21. The summed E-state index contributed by atoms with van der Waals surface area (Å²) in [5, 5.41) is 11.2. The molecule has 2 N–H and O–H groups in total. The second-order valence-corrected chi connectivity index (χ2v) is 4.73. The van der Waals surface area contributed by atoms with Gasteiger partial charge in [0.25, 0.3) is 0 Å². The van der Waals surface area contributed by atoms with Crippen LogP contribution in [0.5, 0.6) is 0 Å². The Bertz CT molecular complexity index is 607. The molecule has 3 rings (SSSR count). The van der Waals surface area contributed by atoms with Crippen molar-refractivity contribution in [3.63, 3.8) is 0 Å². The Balaban J connectivity index is 1.79. The normalized spacial score (nSPS) is 15.7. The number of aromatic nitrogens is 2. The molecular weight excluding hydrogens is 268 g/mol. The Kier molecular flexibility index (Phi) is 3.27. The Morgan fingerprint density at radius 2 is 2.21 bits per heavy atom. The highest BCUT2D eigenvalue weighted by atomic mass is 35.5. The minimum Gasteiger partial charge on any atom is -0.378 e. The van der Waals surface area contributed by atoms with Crippen LogP contribution in [0.25, 0.3) is 10.9 Å². The highest BCUT2D eigenvalue weighted by Gasteiger charge is 2.18. The minimum atomic E-state index is -0.161. The van der Waals surface area contributed by atoms with Crippen molar-refractivity contribution in [2.45, 2.75) is 0 Å². The van der Waals surface area contributed by atoms with Gasteiger partial charge in [-0.25, -0.2) is 4.79 Å². The maximum absolute atomic E-state index is 12.1. The number of nitrogens with one attached hydrogen (secondary N) is 2. The van der Waals surface area contributed by atoms with E-state index in [1.165, 1.54) is 0 Å². The first-order chi connectivity index (χ1) is 9.24. The summed E-state index contributed by atoms with van der Waals surface area (Å²) in [4.78, 5) is 13.8. The van der Waals surface area contributed by atoms with E-state index in [1.54, 1.807) is 17.0 Å². The number of carbonyl (C=O) groups is 1. The molecule has 6 nitrogen and oxygen atoms in total. The summed E-state index contributed by atoms with van der Waals surface area (Å²) in [5.74, 6) is 0.517. The van der Waals surface area contributed by atoms with Gasteiger partial charge in [0.2, 0.25) is 0 Å². The smallest absolute Gasteiger partial charge is 0.323 e. The molecular formula is C12H13ClN4O2. The summed E-state index contributed by atoms with van der Waals surface area (Å²) in [7, 11) is 0. The van der Waals surface area contributed by atoms with Crippen molar-refractivity contribution in [1.29, 1.82) is 0 Å². The van der Waals surface area contributed by atoms with Crippen LogP contribution < -0.4 is 5.32 Å². The summed E-state index contributed by atoms with van der Waals surface area (Å²) in [5.41, 5.74) is 0.796. The molecule has 0 spiro atoms. The molecule has 1 aromatic heterocycles. The summed E-state index contributed by atoms with van der Waals surface area (Å²) in [6.07, 6.45) is 0. The van der Waals surface area contributed by atoms with Gasteiger partial charge in [0, 0.05) is 23.5 Å². The third kappa shape index (κ3) is 2.50. The van der Waals surface area contributed by atoms with E-state index in [2.05, 4.69) is 15.5 Å². The van der Waals surface area contributed by atoms with E-state index in [4.69, 9.17) is 16.3 Å². The first-order valence-electron chi connectivity index (χ1n) is 6.01. The van der Waals surface area contributed by atoms with Gasteiger partial charge in [0.1, 0.15) is 0 Å². The fraction of sp³-hybridized carbons (Fsp3) is 0.333. The zero-order valence-corrected chi connectivity index (χ0v) is 10.9. The number of fused-ring (bicyclic) bond motifs is 1. The molecule has 0 aliphatic carbocycles. The number of rotatable bonds is 1. The van der Waals surface area contributed by atoms with Gasteiger partial charge in [0.15, 0.2) is 5.82 Å². The molecule has 1 fully saturated rings. The molecule has 2 amide bonds. The Morgan fingerprint density at radius 3 is 3.00 bits per heavy atom. The number of hydrogen-bond acceptors (Lipinski definition) is 3. The highest BCUT2D eigenvalue weighted by molar-refractivity contribution is 6.31. The minimum absolute atomic E-state index is 0.161. The van der Waals surface area contributed by atoms with Crippen LogP contribution in [-0.4, -0.2) is 47.4 Å². The number of aromatic amines is 1. The Labute approximate surface area is 114 Å². The maximum Gasteiger partial charge on any atom is 0.323 e. The second-order valence-electron chi connectivity index (χ2n) is 4.29. The fourth-order valence-electron chi connectivity index (χ4n) is 2.03. The van der Waals surface area contributed by atoms with Gasteiger partial charge in [0.05, 0.1) is 18.7 Å². The molecule has 100 valence electrons. The number of ether oxygens (including phenoxy) is 1. The Morgan fingerprint density at radius 1 is 1.42 bits per heavy atom. The lowest BCUT2D eigenvalue weighted by molar-refractivity contribution is 0.0564. The Hall–Kier alpha value is -1.79. The first kappa shape index (κ1) is 12.3. The molecule has 1 saturated heterocycles.